The number of anilines is 1. The molecule has 0 aromatic heterocycles. The number of primary amides is 1. The van der Waals surface area contributed by atoms with E-state index in [-0.39, 0.29) is 17.3 Å². The number of nitrogens with one attached hydrogen (secondary N) is 3. The molecule has 1 fully saturated rings. The zero-order valence-corrected chi connectivity index (χ0v) is 16.6. The normalized spacial score (nSPS) is 20.5. The Morgan fingerprint density at radius 3 is 2.03 bits per heavy atom. The lowest BCUT2D eigenvalue weighted by molar-refractivity contribution is -0.137. The molecule has 3 aromatic rings. The fraction of sp³-hybridized carbons (Fsp3) is 0.125. The second-order valence-corrected chi connectivity index (χ2v) is 7.34. The average molecular weight is 414 g/mol. The van der Waals surface area contributed by atoms with Crippen LogP contribution in [0.2, 0.25) is 0 Å². The van der Waals surface area contributed by atoms with E-state index in [4.69, 9.17) is 5.73 Å². The van der Waals surface area contributed by atoms with Gasteiger partial charge in [-0.1, -0.05) is 72.8 Å². The number of amides is 3. The molecule has 31 heavy (non-hydrogen) atoms. The van der Waals surface area contributed by atoms with Crippen molar-refractivity contribution in [1.29, 1.82) is 0 Å². The molecule has 0 aliphatic carbocycles. The molecule has 7 heteroatoms. The van der Waals surface area contributed by atoms with E-state index < -0.39 is 29.6 Å². The molecule has 156 valence electrons. The maximum absolute atomic E-state index is 13.4. The van der Waals surface area contributed by atoms with Crippen molar-refractivity contribution in [3.63, 3.8) is 0 Å². The molecule has 0 saturated carbocycles. The summed E-state index contributed by atoms with van der Waals surface area (Å²) in [4.78, 5) is 38.0. The van der Waals surface area contributed by atoms with Gasteiger partial charge in [-0.3, -0.25) is 19.8 Å². The third kappa shape index (κ3) is 4.17. The molecule has 1 saturated heterocycles. The van der Waals surface area contributed by atoms with Crippen molar-refractivity contribution in [1.82, 2.24) is 10.9 Å². The second kappa shape index (κ2) is 8.81. The van der Waals surface area contributed by atoms with Crippen molar-refractivity contribution in [2.24, 2.45) is 11.7 Å². The summed E-state index contributed by atoms with van der Waals surface area (Å²) in [5.41, 5.74) is 13.4. The lowest BCUT2D eigenvalue weighted by Gasteiger charge is -2.38. The highest BCUT2D eigenvalue weighted by molar-refractivity contribution is 6.10. The minimum Gasteiger partial charge on any atom is -0.366 e. The molecule has 3 atom stereocenters. The quantitative estimate of drug-likeness (QED) is 0.481. The molecule has 5 N–H and O–H groups in total. The molecular formula is C24H22N4O3. The smallest absolute Gasteiger partial charge is 0.250 e. The van der Waals surface area contributed by atoms with Gasteiger partial charge in [-0.25, -0.2) is 5.43 Å². The summed E-state index contributed by atoms with van der Waals surface area (Å²) in [7, 11) is 0. The van der Waals surface area contributed by atoms with Gasteiger partial charge < -0.3 is 11.1 Å². The van der Waals surface area contributed by atoms with Crippen molar-refractivity contribution in [2.45, 2.75) is 12.0 Å². The predicted octanol–water partition coefficient (Wildman–Crippen LogP) is 2.50. The summed E-state index contributed by atoms with van der Waals surface area (Å²) in [6.45, 7) is 0. The Kier molecular flexibility index (Phi) is 5.77. The molecule has 1 heterocycles. The van der Waals surface area contributed by atoms with E-state index in [1.807, 2.05) is 60.7 Å². The molecule has 3 amide bonds. The van der Waals surface area contributed by atoms with Gasteiger partial charge in [0.2, 0.25) is 11.8 Å². The van der Waals surface area contributed by atoms with Crippen LogP contribution in [0.15, 0.2) is 84.9 Å². The van der Waals surface area contributed by atoms with E-state index in [1.165, 1.54) is 6.07 Å². The summed E-state index contributed by atoms with van der Waals surface area (Å²) in [6, 6.07) is 25.2. The maximum atomic E-state index is 13.4. The van der Waals surface area contributed by atoms with Crippen LogP contribution in [0.3, 0.4) is 0 Å². The van der Waals surface area contributed by atoms with Gasteiger partial charge in [0.15, 0.2) is 0 Å². The van der Waals surface area contributed by atoms with E-state index in [0.717, 1.165) is 11.1 Å². The van der Waals surface area contributed by atoms with Crippen LogP contribution in [-0.2, 0) is 9.59 Å². The molecule has 7 nitrogen and oxygen atoms in total. The first-order valence-electron chi connectivity index (χ1n) is 9.91. The van der Waals surface area contributed by atoms with Gasteiger partial charge in [0.25, 0.3) is 5.91 Å². The van der Waals surface area contributed by atoms with Gasteiger partial charge in [0.1, 0.15) is 5.92 Å². The number of carbonyl (C=O) groups excluding carboxylic acids is 3. The molecule has 3 unspecified atom stereocenters. The lowest BCUT2D eigenvalue weighted by atomic mass is 9.76. The largest absolute Gasteiger partial charge is 0.366 e. The summed E-state index contributed by atoms with van der Waals surface area (Å²) < 4.78 is 0. The van der Waals surface area contributed by atoms with Crippen LogP contribution in [0.4, 0.5) is 5.69 Å². The first kappa shape index (κ1) is 20.3. The number of hydrazine groups is 1. The Balaban J connectivity index is 1.74. The highest BCUT2D eigenvalue weighted by atomic mass is 16.2. The maximum Gasteiger partial charge on any atom is 0.250 e. The molecule has 0 bridgehead atoms. The van der Waals surface area contributed by atoms with Crippen molar-refractivity contribution in [3.8, 4) is 0 Å². The van der Waals surface area contributed by atoms with Gasteiger partial charge in [0, 0.05) is 5.92 Å². The predicted molar refractivity (Wildman–Crippen MR) is 117 cm³/mol. The standard InChI is InChI=1S/C24H22N4O3/c25-22(29)17-13-7-8-14-18(17)26-23(30)20-19(15-9-3-1-4-10-15)21(27-28-24(20)31)16-11-5-2-6-12-16/h1-14,19-21,27H,(H2,25,29)(H,26,30)(H,28,31). The number of rotatable bonds is 5. The van der Waals surface area contributed by atoms with E-state index in [2.05, 4.69) is 16.2 Å². The topological polar surface area (TPSA) is 113 Å². The number of nitrogens with two attached hydrogens (primary N) is 1. The second-order valence-electron chi connectivity index (χ2n) is 7.34. The minimum absolute atomic E-state index is 0.182. The van der Waals surface area contributed by atoms with E-state index >= 15 is 0 Å². The van der Waals surface area contributed by atoms with Gasteiger partial charge >= 0.3 is 0 Å². The SMILES string of the molecule is NC(=O)c1ccccc1NC(=O)C1C(=O)NNC(c2ccccc2)C1c1ccccc1. The Labute approximate surface area is 179 Å². The van der Waals surface area contributed by atoms with Crippen LogP contribution in [0.25, 0.3) is 0 Å². The van der Waals surface area contributed by atoms with Gasteiger partial charge in [0.05, 0.1) is 17.3 Å². The van der Waals surface area contributed by atoms with Crippen LogP contribution in [-0.4, -0.2) is 17.7 Å². The molecule has 0 radical (unpaired) electrons. The molecule has 0 spiro atoms. The number of carbonyl (C=O) groups is 3. The van der Waals surface area contributed by atoms with Crippen LogP contribution >= 0.6 is 0 Å². The zero-order valence-electron chi connectivity index (χ0n) is 16.6. The van der Waals surface area contributed by atoms with Crippen molar-refractivity contribution in [3.05, 3.63) is 102 Å². The van der Waals surface area contributed by atoms with E-state index in [9.17, 15) is 14.4 Å². The van der Waals surface area contributed by atoms with Crippen LogP contribution in [0, 0.1) is 5.92 Å². The fourth-order valence-electron chi connectivity index (χ4n) is 3.98. The Morgan fingerprint density at radius 1 is 0.806 bits per heavy atom. The summed E-state index contributed by atoms with van der Waals surface area (Å²) in [5.74, 6) is -3.13. The van der Waals surface area contributed by atoms with Crippen molar-refractivity contribution >= 4 is 23.4 Å². The highest BCUT2D eigenvalue weighted by Gasteiger charge is 2.44. The molecule has 1 aliphatic rings. The van der Waals surface area contributed by atoms with E-state index in [0.29, 0.717) is 0 Å². The molecule has 3 aromatic carbocycles. The Morgan fingerprint density at radius 2 is 1.39 bits per heavy atom. The van der Waals surface area contributed by atoms with Gasteiger partial charge in [-0.15, -0.1) is 0 Å². The van der Waals surface area contributed by atoms with Crippen LogP contribution in [0.1, 0.15) is 33.4 Å². The lowest BCUT2D eigenvalue weighted by Crippen LogP contribution is -2.56. The molecule has 1 aliphatic heterocycles. The monoisotopic (exact) mass is 414 g/mol. The number of hydrogen-bond donors (Lipinski definition) is 4. The number of para-hydroxylation sites is 1. The fourth-order valence-corrected chi connectivity index (χ4v) is 3.98. The average Bonchev–Trinajstić information content (AvgIpc) is 2.80. The van der Waals surface area contributed by atoms with Crippen LogP contribution < -0.4 is 21.9 Å². The van der Waals surface area contributed by atoms with Crippen molar-refractivity contribution < 1.29 is 14.4 Å². The summed E-state index contributed by atoms with van der Waals surface area (Å²) in [5, 5.41) is 2.74. The summed E-state index contributed by atoms with van der Waals surface area (Å²) >= 11 is 0. The summed E-state index contributed by atoms with van der Waals surface area (Å²) in [6.07, 6.45) is 0. The molecular weight excluding hydrogens is 392 g/mol. The third-order valence-electron chi connectivity index (χ3n) is 5.43. The Bertz CT molecular complexity index is 1100. The molecule has 4 rings (SSSR count). The van der Waals surface area contributed by atoms with Crippen LogP contribution in [0.5, 0.6) is 0 Å². The highest BCUT2D eigenvalue weighted by Crippen LogP contribution is 2.39. The third-order valence-corrected chi connectivity index (χ3v) is 5.43. The van der Waals surface area contributed by atoms with Crippen molar-refractivity contribution in [2.75, 3.05) is 5.32 Å². The van der Waals surface area contributed by atoms with E-state index in [1.54, 1.807) is 18.2 Å². The Hall–Kier alpha value is -3.97. The first-order chi connectivity index (χ1) is 15.1. The zero-order chi connectivity index (χ0) is 21.8. The van der Waals surface area contributed by atoms with Gasteiger partial charge in [-0.05, 0) is 23.3 Å². The first-order valence-corrected chi connectivity index (χ1v) is 9.91. The number of benzene rings is 3. The van der Waals surface area contributed by atoms with Gasteiger partial charge in [-0.2, -0.15) is 0 Å². The number of hydrogen-bond acceptors (Lipinski definition) is 4. The minimum atomic E-state index is -1.03.